The fourth-order valence-corrected chi connectivity index (χ4v) is 6.33. The number of hydrogen-bond donors (Lipinski definition) is 2. The summed E-state index contributed by atoms with van der Waals surface area (Å²) in [6.45, 7) is 3.09. The monoisotopic (exact) mass is 552 g/mol. The fourth-order valence-electron chi connectivity index (χ4n) is 5.47. The van der Waals surface area contributed by atoms with Gasteiger partial charge in [0.1, 0.15) is 6.61 Å². The van der Waals surface area contributed by atoms with Crippen molar-refractivity contribution in [2.45, 2.75) is 50.6 Å². The molecule has 0 radical (unpaired) electrons. The minimum absolute atomic E-state index is 0.0252. The minimum atomic E-state index is -1.26. The van der Waals surface area contributed by atoms with E-state index in [1.54, 1.807) is 37.7 Å². The predicted molar refractivity (Wildman–Crippen MR) is 148 cm³/mol. The summed E-state index contributed by atoms with van der Waals surface area (Å²) in [5, 5.41) is 17.0. The van der Waals surface area contributed by atoms with Gasteiger partial charge in [-0.2, -0.15) is 4.37 Å². The van der Waals surface area contributed by atoms with E-state index in [4.69, 9.17) is 24.1 Å². The van der Waals surface area contributed by atoms with Gasteiger partial charge in [0, 0.05) is 47.6 Å². The van der Waals surface area contributed by atoms with Crippen molar-refractivity contribution in [1.82, 2.24) is 9.27 Å². The third-order valence-electron chi connectivity index (χ3n) is 7.22. The summed E-state index contributed by atoms with van der Waals surface area (Å²) in [4.78, 5) is 33.3. The summed E-state index contributed by atoms with van der Waals surface area (Å²) < 4.78 is 17.6. The average Bonchev–Trinajstić information content (AvgIpc) is 3.45. The molecule has 2 bridgehead atoms. The maximum absolute atomic E-state index is 11.6. The van der Waals surface area contributed by atoms with Crippen LogP contribution >= 0.6 is 11.5 Å². The number of aromatic nitrogens is 1. The van der Waals surface area contributed by atoms with Crippen molar-refractivity contribution >= 4 is 39.3 Å². The maximum Gasteiger partial charge on any atom is 0.328 e. The van der Waals surface area contributed by atoms with Crippen molar-refractivity contribution in [3.8, 4) is 11.5 Å². The average molecular weight is 553 g/mol. The Morgan fingerprint density at radius 1 is 1.03 bits per heavy atom. The number of piperidine rings is 1. The van der Waals surface area contributed by atoms with E-state index >= 15 is 0 Å². The van der Waals surface area contributed by atoms with Crippen LogP contribution in [0.4, 0.5) is 0 Å². The molecule has 2 aromatic carbocycles. The minimum Gasteiger partial charge on any atom is -0.493 e. The zero-order chi connectivity index (χ0) is 27.9. The third-order valence-corrected chi connectivity index (χ3v) is 8.06. The topological polar surface area (TPSA) is 126 Å². The van der Waals surface area contributed by atoms with Crippen molar-refractivity contribution in [2.75, 3.05) is 20.3 Å². The number of rotatable bonds is 9. The molecule has 5 rings (SSSR count). The highest BCUT2D eigenvalue weighted by Crippen LogP contribution is 2.44. The molecular weight excluding hydrogens is 520 g/mol. The summed E-state index contributed by atoms with van der Waals surface area (Å²) in [6, 6.07) is 15.2. The summed E-state index contributed by atoms with van der Waals surface area (Å²) in [6.07, 6.45) is 6.01. The van der Waals surface area contributed by atoms with Crippen LogP contribution in [0.15, 0.2) is 54.6 Å². The smallest absolute Gasteiger partial charge is 0.328 e. The van der Waals surface area contributed by atoms with Crippen molar-refractivity contribution in [1.29, 1.82) is 0 Å². The number of nitrogens with zero attached hydrogens (tertiary/aromatic N) is 2. The largest absolute Gasteiger partial charge is 0.493 e. The number of fused-ring (bicyclic) bond motifs is 3. The molecule has 10 heteroatoms. The van der Waals surface area contributed by atoms with E-state index in [1.165, 1.54) is 41.5 Å². The van der Waals surface area contributed by atoms with Crippen molar-refractivity contribution in [3.05, 3.63) is 65.9 Å². The van der Waals surface area contributed by atoms with E-state index < -0.39 is 11.9 Å². The molecule has 2 unspecified atom stereocenters. The predicted octanol–water partition coefficient (Wildman–Crippen LogP) is 5.01. The second-order valence-corrected chi connectivity index (χ2v) is 10.4. The molecule has 2 atom stereocenters. The number of carbonyl (C=O) groups excluding carboxylic acids is 1. The summed E-state index contributed by atoms with van der Waals surface area (Å²) in [7, 11) is 1.61. The van der Waals surface area contributed by atoms with E-state index in [1.807, 2.05) is 6.07 Å². The van der Waals surface area contributed by atoms with Crippen LogP contribution in [0.2, 0.25) is 0 Å². The van der Waals surface area contributed by atoms with Gasteiger partial charge in [-0.25, -0.2) is 9.59 Å². The summed E-state index contributed by atoms with van der Waals surface area (Å²) >= 11 is 1.63. The molecule has 39 heavy (non-hydrogen) atoms. The van der Waals surface area contributed by atoms with Gasteiger partial charge in [0.2, 0.25) is 0 Å². The first-order valence-electron chi connectivity index (χ1n) is 12.8. The van der Waals surface area contributed by atoms with Gasteiger partial charge in [-0.1, -0.05) is 18.2 Å². The lowest BCUT2D eigenvalue weighted by Crippen LogP contribution is -2.44. The molecule has 0 aliphatic carbocycles. The highest BCUT2D eigenvalue weighted by atomic mass is 32.1. The Kier molecular flexibility index (Phi) is 9.32. The fraction of sp³-hybridized carbons (Fsp3) is 0.379. The van der Waals surface area contributed by atoms with Crippen LogP contribution in [0, 0.1) is 0 Å². The van der Waals surface area contributed by atoms with Crippen LogP contribution in [-0.4, -0.2) is 69.6 Å². The number of methoxy groups -OCH3 is 1. The number of carboxylic acids is 2. The SMILES string of the molecule is COc1cc(C(C)=O)ccc1OCCN1C2CCC1CC(c1nsc3ccccc13)C2.O=C(O)/C=C/C(=O)O. The molecule has 9 nitrogen and oxygen atoms in total. The van der Waals surface area contributed by atoms with Crippen LogP contribution in [-0.2, 0) is 9.59 Å². The van der Waals surface area contributed by atoms with Gasteiger partial charge in [0.25, 0.3) is 0 Å². The van der Waals surface area contributed by atoms with Gasteiger partial charge in [0.05, 0.1) is 17.5 Å². The molecule has 0 amide bonds. The van der Waals surface area contributed by atoms with Gasteiger partial charge < -0.3 is 19.7 Å². The van der Waals surface area contributed by atoms with E-state index in [0.717, 1.165) is 6.54 Å². The lowest BCUT2D eigenvalue weighted by molar-refractivity contribution is -0.134. The van der Waals surface area contributed by atoms with Gasteiger partial charge >= 0.3 is 11.9 Å². The first kappa shape index (κ1) is 28.3. The second kappa shape index (κ2) is 12.9. The molecule has 2 N–H and O–H groups in total. The Hall–Kier alpha value is -3.76. The first-order chi connectivity index (χ1) is 18.8. The Morgan fingerprint density at radius 3 is 2.31 bits per heavy atom. The molecule has 2 saturated heterocycles. The number of Topliss-reactive ketones (excluding diaryl/α,β-unsaturated/α-hetero) is 1. The Balaban J connectivity index is 0.000000386. The number of ether oxygens (including phenoxy) is 2. The second-order valence-electron chi connectivity index (χ2n) is 9.64. The summed E-state index contributed by atoms with van der Waals surface area (Å²) in [5.41, 5.74) is 1.95. The number of carboxylic acid groups (broad SMARTS) is 2. The number of aliphatic carboxylic acids is 2. The van der Waals surface area contributed by atoms with E-state index in [-0.39, 0.29) is 5.78 Å². The van der Waals surface area contributed by atoms with Crippen LogP contribution in [0.3, 0.4) is 0 Å². The maximum atomic E-state index is 11.6. The lowest BCUT2D eigenvalue weighted by atomic mass is 9.87. The zero-order valence-electron chi connectivity index (χ0n) is 21.9. The molecule has 2 fully saturated rings. The number of ketones is 1. The molecular formula is C29H32N2O7S. The molecule has 2 aliphatic heterocycles. The molecule has 206 valence electrons. The Labute approximate surface area is 230 Å². The molecule has 1 aromatic heterocycles. The molecule has 2 aliphatic rings. The van der Waals surface area contributed by atoms with Gasteiger partial charge in [-0.15, -0.1) is 0 Å². The number of hydrogen-bond acceptors (Lipinski definition) is 8. The van der Waals surface area contributed by atoms with Crippen LogP contribution in [0.25, 0.3) is 10.1 Å². The molecule has 3 heterocycles. The van der Waals surface area contributed by atoms with Crippen LogP contribution in [0.5, 0.6) is 11.5 Å². The normalized spacial score (nSPS) is 20.4. The van der Waals surface area contributed by atoms with E-state index in [9.17, 15) is 14.4 Å². The Bertz CT molecular complexity index is 1340. The summed E-state index contributed by atoms with van der Waals surface area (Å²) in [5.74, 6) is -0.615. The van der Waals surface area contributed by atoms with E-state index in [0.29, 0.717) is 53.8 Å². The van der Waals surface area contributed by atoms with Gasteiger partial charge in [-0.05, 0) is 68.4 Å². The standard InChI is InChI=1S/C25H28N2O3S.C4H4O4/c1-16(28)17-7-10-22(23(15-17)29-2)30-12-11-27-19-8-9-20(27)14-18(13-19)25-21-5-3-4-6-24(21)31-26-25;5-3(6)1-2-4(7)8/h3-7,10,15,18-20H,8-9,11-14H2,1-2H3;1-2H,(H,5,6)(H,7,8)/b;2-1+. The van der Waals surface area contributed by atoms with Gasteiger partial charge in [0.15, 0.2) is 17.3 Å². The van der Waals surface area contributed by atoms with Crippen molar-refractivity contribution < 1.29 is 34.1 Å². The van der Waals surface area contributed by atoms with E-state index in [2.05, 4.69) is 29.2 Å². The number of benzene rings is 2. The van der Waals surface area contributed by atoms with Crippen molar-refractivity contribution in [3.63, 3.8) is 0 Å². The van der Waals surface area contributed by atoms with Gasteiger partial charge in [-0.3, -0.25) is 9.69 Å². The highest BCUT2D eigenvalue weighted by Gasteiger charge is 2.41. The first-order valence-corrected chi connectivity index (χ1v) is 13.6. The third kappa shape index (κ3) is 7.01. The lowest BCUT2D eigenvalue weighted by Gasteiger charge is -2.38. The highest BCUT2D eigenvalue weighted by molar-refractivity contribution is 7.13. The van der Waals surface area contributed by atoms with Crippen LogP contribution in [0.1, 0.15) is 54.6 Å². The molecule has 0 spiro atoms. The quantitative estimate of drug-likeness (QED) is 0.278. The zero-order valence-corrected chi connectivity index (χ0v) is 22.7. The molecule has 3 aromatic rings. The van der Waals surface area contributed by atoms with Crippen molar-refractivity contribution in [2.24, 2.45) is 0 Å². The molecule has 0 saturated carbocycles. The Morgan fingerprint density at radius 2 is 1.69 bits per heavy atom. The van der Waals surface area contributed by atoms with Crippen LogP contribution < -0.4 is 9.47 Å². The number of carbonyl (C=O) groups is 3.